The molecule has 1 aliphatic rings. The largest absolute Gasteiger partial charge is 0.0664 e. The number of rotatable bonds is 3. The van der Waals surface area contributed by atoms with Gasteiger partial charge in [0.05, 0.1) is 0 Å². The fourth-order valence-corrected chi connectivity index (χ4v) is 8.78. The summed E-state index contributed by atoms with van der Waals surface area (Å²) >= 11 is 0. The van der Waals surface area contributed by atoms with Crippen molar-refractivity contribution in [2.45, 2.75) is 19.3 Å². The topological polar surface area (TPSA) is 0 Å². The van der Waals surface area contributed by atoms with Gasteiger partial charge in [0, 0.05) is 5.29 Å². The Kier molecular flexibility index (Phi) is 7.02. The summed E-state index contributed by atoms with van der Waals surface area (Å²) in [5.41, 5.74) is 6.97. The maximum Gasteiger partial charge on any atom is 0.0220 e. The zero-order chi connectivity index (χ0) is 19.0. The molecule has 0 N–H and O–H groups in total. The molecule has 0 aliphatic carbocycles. The number of allylic oxidation sites excluding steroid dienone is 2. The Hall–Kier alpha value is -1.83. The predicted molar refractivity (Wildman–Crippen MR) is 130 cm³/mol. The summed E-state index contributed by atoms with van der Waals surface area (Å²) in [4.78, 5) is 0. The van der Waals surface area contributed by atoms with E-state index in [-0.39, 0.29) is 0 Å². The van der Waals surface area contributed by atoms with Gasteiger partial charge in [-0.1, -0.05) is 98.9 Å². The molecule has 0 unspecified atom stereocenters. The van der Waals surface area contributed by atoms with Crippen molar-refractivity contribution in [3.8, 4) is 0 Å². The number of hydrogen-bond acceptors (Lipinski definition) is 0. The molecule has 0 spiro atoms. The Morgan fingerprint density at radius 2 is 1.14 bits per heavy atom. The van der Waals surface area contributed by atoms with E-state index in [4.69, 9.17) is 0 Å². The minimum Gasteiger partial charge on any atom is -0.0664 e. The van der Waals surface area contributed by atoms with Crippen LogP contribution < -0.4 is 0 Å². The first-order chi connectivity index (χ1) is 13.9. The second-order valence-corrected chi connectivity index (χ2v) is 12.0. The summed E-state index contributed by atoms with van der Waals surface area (Å²) in [6, 6.07) is 33.0. The lowest BCUT2D eigenvalue weighted by molar-refractivity contribution is 0.833. The maximum absolute atomic E-state index is 2.28. The molecule has 0 saturated heterocycles. The number of benzene rings is 3. The monoisotopic (exact) mass is 416 g/mol. The van der Waals surface area contributed by atoms with Crippen molar-refractivity contribution in [1.29, 1.82) is 0 Å². The SMILES string of the molecule is c1ccc(C2=P\P=P/CCCC/C(c3ccccc3)=C\2c2ccccc2)cc1. The van der Waals surface area contributed by atoms with Crippen molar-refractivity contribution < 1.29 is 0 Å². The average molecular weight is 416 g/mol. The van der Waals surface area contributed by atoms with Gasteiger partial charge >= 0.3 is 0 Å². The zero-order valence-electron chi connectivity index (χ0n) is 15.8. The second kappa shape index (κ2) is 10.1. The van der Waals surface area contributed by atoms with Crippen LogP contribution in [0, 0.1) is 0 Å². The van der Waals surface area contributed by atoms with Crippen molar-refractivity contribution in [2.75, 3.05) is 6.16 Å². The van der Waals surface area contributed by atoms with Crippen LogP contribution in [0.25, 0.3) is 11.1 Å². The summed E-state index contributed by atoms with van der Waals surface area (Å²) in [6.07, 6.45) is 5.00. The molecule has 4 rings (SSSR count). The van der Waals surface area contributed by atoms with E-state index in [0.717, 1.165) is 6.42 Å². The third kappa shape index (κ3) is 4.77. The molecular weight excluding hydrogens is 393 g/mol. The summed E-state index contributed by atoms with van der Waals surface area (Å²) < 4.78 is 0. The average Bonchev–Trinajstić information content (AvgIpc) is 2.78. The molecule has 0 aromatic heterocycles. The Morgan fingerprint density at radius 3 is 1.79 bits per heavy atom. The highest BCUT2D eigenvalue weighted by atomic mass is 32.2. The first kappa shape index (κ1) is 19.5. The molecule has 3 aromatic rings. The minimum atomic E-state index is 1.13. The van der Waals surface area contributed by atoms with Crippen LogP contribution in [0.1, 0.15) is 36.0 Å². The van der Waals surface area contributed by atoms with Crippen LogP contribution in [-0.4, -0.2) is 11.5 Å². The van der Waals surface area contributed by atoms with Crippen LogP contribution in [0.5, 0.6) is 0 Å². The highest BCUT2D eigenvalue weighted by Gasteiger charge is 2.18. The van der Waals surface area contributed by atoms with Gasteiger partial charge in [0.2, 0.25) is 0 Å². The van der Waals surface area contributed by atoms with E-state index in [2.05, 4.69) is 91.0 Å². The van der Waals surface area contributed by atoms with Gasteiger partial charge in [-0.15, -0.1) is 0 Å². The highest BCUT2D eigenvalue weighted by molar-refractivity contribution is 8.24. The highest BCUT2D eigenvalue weighted by Crippen LogP contribution is 2.42. The third-order valence-corrected chi connectivity index (χ3v) is 10.1. The van der Waals surface area contributed by atoms with Crippen molar-refractivity contribution in [3.05, 3.63) is 108 Å². The molecule has 3 heteroatoms. The molecule has 0 saturated carbocycles. The van der Waals surface area contributed by atoms with Crippen LogP contribution in [0.15, 0.2) is 91.0 Å². The van der Waals surface area contributed by atoms with Gasteiger partial charge in [-0.05, 0) is 68.7 Å². The molecule has 138 valence electrons. The molecule has 1 heterocycles. The molecule has 1 aliphatic heterocycles. The van der Waals surface area contributed by atoms with Crippen LogP contribution in [0.4, 0.5) is 0 Å². The fraction of sp³-hybridized carbons (Fsp3) is 0.160. The van der Waals surface area contributed by atoms with Crippen LogP contribution >= 0.6 is 23.3 Å². The Labute approximate surface area is 172 Å². The molecule has 0 atom stereocenters. The molecule has 0 fully saturated rings. The van der Waals surface area contributed by atoms with E-state index in [1.54, 1.807) is 7.87 Å². The lowest BCUT2D eigenvalue weighted by Gasteiger charge is -2.20. The van der Waals surface area contributed by atoms with Crippen molar-refractivity contribution in [3.63, 3.8) is 0 Å². The third-order valence-electron chi connectivity index (χ3n) is 4.91. The summed E-state index contributed by atoms with van der Waals surface area (Å²) in [5.74, 6) is 0. The van der Waals surface area contributed by atoms with Gasteiger partial charge in [0.25, 0.3) is 0 Å². The molecule has 0 radical (unpaired) electrons. The minimum absolute atomic E-state index is 1.13. The quantitative estimate of drug-likeness (QED) is 0.375. The summed E-state index contributed by atoms with van der Waals surface area (Å²) in [5, 5.41) is 1.46. The van der Waals surface area contributed by atoms with E-state index in [1.807, 2.05) is 0 Å². The van der Waals surface area contributed by atoms with Crippen LogP contribution in [-0.2, 0) is 0 Å². The molecule has 0 amide bonds. The van der Waals surface area contributed by atoms with Crippen molar-refractivity contribution in [2.24, 2.45) is 0 Å². The summed E-state index contributed by atoms with van der Waals surface area (Å²) in [7, 11) is 4.43. The lowest BCUT2D eigenvalue weighted by atomic mass is 9.87. The maximum atomic E-state index is 2.28. The van der Waals surface area contributed by atoms with E-state index < -0.39 is 0 Å². The Balaban J connectivity index is 2.02. The van der Waals surface area contributed by atoms with Crippen LogP contribution in [0.2, 0.25) is 0 Å². The van der Waals surface area contributed by atoms with Crippen molar-refractivity contribution in [1.82, 2.24) is 0 Å². The fourth-order valence-electron chi connectivity index (χ4n) is 3.57. The molecule has 28 heavy (non-hydrogen) atoms. The van der Waals surface area contributed by atoms with E-state index in [0.29, 0.717) is 0 Å². The van der Waals surface area contributed by atoms with Gasteiger partial charge < -0.3 is 0 Å². The van der Waals surface area contributed by atoms with Crippen LogP contribution in [0.3, 0.4) is 0 Å². The normalized spacial score (nSPS) is 20.8. The number of hydrogen-bond donors (Lipinski definition) is 0. The standard InChI is InChI=1S/C25H23P3/c1-4-12-20(13-5-1)23-18-10-11-19-26-28-27-25(22-16-8-3-9-17-22)24(23)21-14-6-2-7-15-21/h1-9,12-17H,10-11,18-19H2/b24-23+. The van der Waals surface area contributed by atoms with E-state index in [1.165, 1.54) is 67.6 Å². The molecular formula is C25H23P3. The molecule has 0 bridgehead atoms. The predicted octanol–water partition coefficient (Wildman–Crippen LogP) is 8.67. The van der Waals surface area contributed by atoms with E-state index in [9.17, 15) is 0 Å². The zero-order valence-corrected chi connectivity index (χ0v) is 18.5. The van der Waals surface area contributed by atoms with Gasteiger partial charge in [0.1, 0.15) is 0 Å². The van der Waals surface area contributed by atoms with E-state index >= 15 is 0 Å². The lowest BCUT2D eigenvalue weighted by Crippen LogP contribution is -2.06. The Bertz CT molecular complexity index is 988. The van der Waals surface area contributed by atoms with Crippen molar-refractivity contribution >= 4 is 39.8 Å². The second-order valence-electron chi connectivity index (χ2n) is 6.81. The van der Waals surface area contributed by atoms with Gasteiger partial charge in [0.15, 0.2) is 0 Å². The summed E-state index contributed by atoms with van der Waals surface area (Å²) in [6.45, 7) is 0. The van der Waals surface area contributed by atoms with Gasteiger partial charge in [-0.3, -0.25) is 0 Å². The van der Waals surface area contributed by atoms with Gasteiger partial charge in [-0.25, -0.2) is 0 Å². The smallest absolute Gasteiger partial charge is 0.0220 e. The first-order valence-electron chi connectivity index (χ1n) is 9.78. The van der Waals surface area contributed by atoms with Gasteiger partial charge in [-0.2, -0.15) is 0 Å². The molecule has 0 nitrogen and oxygen atoms in total. The first-order valence-corrected chi connectivity index (χ1v) is 14.1. The molecule has 3 aromatic carbocycles. The Morgan fingerprint density at radius 1 is 0.571 bits per heavy atom.